The maximum absolute atomic E-state index is 2.37. The Morgan fingerprint density at radius 1 is 0.346 bits per heavy atom. The Bertz CT molecular complexity index is 205. The summed E-state index contributed by atoms with van der Waals surface area (Å²) < 4.78 is 0. The molecule has 0 saturated heterocycles. The number of hydrogen-bond donors (Lipinski definition) is 0. The van der Waals surface area contributed by atoms with Gasteiger partial charge in [-0.2, -0.15) is 0 Å². The first-order valence-corrected chi connectivity index (χ1v) is 11.4. The molecule has 26 heavy (non-hydrogen) atoms. The highest BCUT2D eigenvalue weighted by atomic mass is 16.0. The van der Waals surface area contributed by atoms with Crippen molar-refractivity contribution in [1.82, 2.24) is 0 Å². The summed E-state index contributed by atoms with van der Waals surface area (Å²) in [5.74, 6) is 6.12. The number of rotatable bonds is 0. The molecule has 0 aromatic rings. The summed E-state index contributed by atoms with van der Waals surface area (Å²) in [5, 5.41) is 0. The van der Waals surface area contributed by atoms with Gasteiger partial charge in [-0.1, -0.05) is 126 Å². The third-order valence-electron chi connectivity index (χ3n) is 6.91. The van der Waals surface area contributed by atoms with Gasteiger partial charge < -0.3 is 5.48 Å². The molecule has 0 atom stereocenters. The van der Waals surface area contributed by atoms with Crippen LogP contribution in [-0.4, -0.2) is 5.48 Å². The van der Waals surface area contributed by atoms with E-state index in [1.165, 1.54) is 77.0 Å². The molecule has 0 aromatic carbocycles. The van der Waals surface area contributed by atoms with E-state index in [0.717, 1.165) is 35.5 Å². The Balaban J connectivity index is -0.000000303. The van der Waals surface area contributed by atoms with Gasteiger partial charge in [-0.05, 0) is 35.5 Å². The average Bonchev–Trinajstić information content (AvgIpc) is 2.57. The van der Waals surface area contributed by atoms with Crippen molar-refractivity contribution < 1.29 is 6.90 Å². The fourth-order valence-electron chi connectivity index (χ4n) is 4.28. The normalized spacial score (nSPS) is 36.7. The van der Waals surface area contributed by atoms with Crippen molar-refractivity contribution in [3.8, 4) is 0 Å². The maximum atomic E-state index is 2.37. The van der Waals surface area contributed by atoms with Crippen LogP contribution in [0.1, 0.15) is 127 Å². The molecule has 162 valence electrons. The van der Waals surface area contributed by atoms with Gasteiger partial charge in [0, 0.05) is 1.43 Å². The Morgan fingerprint density at radius 3 is 0.500 bits per heavy atom. The van der Waals surface area contributed by atoms with Gasteiger partial charge in [0.05, 0.1) is 0 Å². The molecular formula is C25H56O. The molecular weight excluding hydrogens is 316 g/mol. The van der Waals surface area contributed by atoms with Gasteiger partial charge in [-0.15, -0.1) is 0 Å². The van der Waals surface area contributed by atoms with Crippen molar-refractivity contribution >= 4 is 0 Å². The Hall–Kier alpha value is -0.0400. The lowest BCUT2D eigenvalue weighted by Gasteiger charge is -2.22. The van der Waals surface area contributed by atoms with E-state index >= 15 is 0 Å². The van der Waals surface area contributed by atoms with Crippen molar-refractivity contribution in [2.75, 3.05) is 0 Å². The van der Waals surface area contributed by atoms with Gasteiger partial charge >= 0.3 is 0 Å². The lowest BCUT2D eigenvalue weighted by atomic mass is 9.84. The minimum absolute atomic E-state index is 0. The van der Waals surface area contributed by atoms with Gasteiger partial charge in [-0.25, -0.2) is 0 Å². The first-order chi connectivity index (χ1) is 11.4. The second-order valence-electron chi connectivity index (χ2n) is 10.1. The second-order valence-corrected chi connectivity index (χ2v) is 10.1. The Kier molecular flexibility index (Phi) is 17.3. The molecule has 0 spiro atoms. The monoisotopic (exact) mass is 372 g/mol. The van der Waals surface area contributed by atoms with Gasteiger partial charge in [0.15, 0.2) is 0 Å². The van der Waals surface area contributed by atoms with Crippen LogP contribution >= 0.6 is 0 Å². The molecule has 0 heterocycles. The summed E-state index contributed by atoms with van der Waals surface area (Å²) >= 11 is 0. The minimum Gasteiger partial charge on any atom is -0.412 e. The zero-order chi connectivity index (χ0) is 17.9. The average molecular weight is 373 g/mol. The smallest absolute Gasteiger partial charge is 0 e. The van der Waals surface area contributed by atoms with E-state index in [2.05, 4.69) is 41.5 Å². The highest BCUT2D eigenvalue weighted by molar-refractivity contribution is 4.67. The summed E-state index contributed by atoms with van der Waals surface area (Å²) in [6, 6.07) is 0. The van der Waals surface area contributed by atoms with Gasteiger partial charge in [0.1, 0.15) is 0 Å². The lowest BCUT2D eigenvalue weighted by molar-refractivity contribution is 0.308. The molecule has 0 radical (unpaired) electrons. The van der Waals surface area contributed by atoms with Crippen molar-refractivity contribution in [3.63, 3.8) is 0 Å². The Morgan fingerprint density at radius 2 is 0.423 bits per heavy atom. The van der Waals surface area contributed by atoms with Crippen molar-refractivity contribution in [2.24, 2.45) is 35.5 Å². The summed E-state index contributed by atoms with van der Waals surface area (Å²) in [4.78, 5) is 0. The molecule has 0 aliphatic heterocycles. The summed E-state index contributed by atoms with van der Waals surface area (Å²) in [7, 11) is 0. The van der Waals surface area contributed by atoms with Crippen LogP contribution in [0.15, 0.2) is 0 Å². The fourth-order valence-corrected chi connectivity index (χ4v) is 4.28. The molecule has 0 unspecified atom stereocenters. The van der Waals surface area contributed by atoms with Crippen molar-refractivity contribution in [1.29, 1.82) is 0 Å². The van der Waals surface area contributed by atoms with E-state index in [1.54, 1.807) is 0 Å². The van der Waals surface area contributed by atoms with Gasteiger partial charge in [0.25, 0.3) is 0 Å². The third kappa shape index (κ3) is 14.1. The predicted molar refractivity (Wildman–Crippen MR) is 123 cm³/mol. The Labute approximate surface area is 168 Å². The van der Waals surface area contributed by atoms with Gasteiger partial charge in [-0.3, -0.25) is 0 Å². The van der Waals surface area contributed by atoms with Crippen LogP contribution in [0.4, 0.5) is 0 Å². The van der Waals surface area contributed by atoms with Crippen LogP contribution < -0.4 is 0 Å². The van der Waals surface area contributed by atoms with Crippen LogP contribution in [0.3, 0.4) is 0 Å². The van der Waals surface area contributed by atoms with E-state index < -0.39 is 0 Å². The molecule has 0 aromatic heterocycles. The maximum Gasteiger partial charge on any atom is 0 e. The van der Waals surface area contributed by atoms with Crippen molar-refractivity contribution in [3.05, 3.63) is 0 Å². The zero-order valence-electron chi connectivity index (χ0n) is 18.4. The molecule has 3 rings (SSSR count). The molecule has 3 saturated carbocycles. The highest BCUT2D eigenvalue weighted by Crippen LogP contribution is 2.28. The molecule has 1 nitrogen and oxygen atoms in total. The highest BCUT2D eigenvalue weighted by Gasteiger charge is 2.14. The van der Waals surface area contributed by atoms with E-state index in [4.69, 9.17) is 0 Å². The quantitative estimate of drug-likeness (QED) is 0.408. The molecule has 2 N–H and O–H groups in total. The molecule has 3 aliphatic carbocycles. The summed E-state index contributed by atoms with van der Waals surface area (Å²) in [5.41, 5.74) is 0. The van der Waals surface area contributed by atoms with Gasteiger partial charge in [0.2, 0.25) is 0 Å². The minimum atomic E-state index is 0. The van der Waals surface area contributed by atoms with Crippen LogP contribution in [0.25, 0.3) is 0 Å². The van der Waals surface area contributed by atoms with E-state index in [9.17, 15) is 0 Å². The van der Waals surface area contributed by atoms with E-state index in [0.29, 0.717) is 0 Å². The first kappa shape index (κ1) is 28.2. The summed E-state index contributed by atoms with van der Waals surface area (Å²) in [6.45, 7) is 14.2. The van der Waals surface area contributed by atoms with Crippen LogP contribution in [0, 0.1) is 35.5 Å². The SMILES string of the molecule is C.CC1CCC(C)CC1.CC1CCC(C)CC1.CC1CCC(C)CC1.O.[HH]. The van der Waals surface area contributed by atoms with E-state index in [-0.39, 0.29) is 14.3 Å². The zero-order valence-corrected chi connectivity index (χ0v) is 18.4. The lowest BCUT2D eigenvalue weighted by Crippen LogP contribution is -2.08. The largest absolute Gasteiger partial charge is 0.412 e. The molecule has 0 amide bonds. The third-order valence-corrected chi connectivity index (χ3v) is 6.91. The van der Waals surface area contributed by atoms with Crippen LogP contribution in [-0.2, 0) is 0 Å². The van der Waals surface area contributed by atoms with Crippen molar-refractivity contribution in [2.45, 2.75) is 126 Å². The van der Waals surface area contributed by atoms with E-state index in [1.807, 2.05) is 0 Å². The van der Waals surface area contributed by atoms with Crippen LogP contribution in [0.5, 0.6) is 0 Å². The second kappa shape index (κ2) is 16.0. The first-order valence-electron chi connectivity index (χ1n) is 11.4. The molecule has 1 heteroatoms. The number of hydrogen-bond acceptors (Lipinski definition) is 0. The van der Waals surface area contributed by atoms with Crippen LogP contribution in [0.2, 0.25) is 0 Å². The molecule has 0 bridgehead atoms. The standard InChI is InChI=1S/3C8H16.CH4.H2O.H2/c3*1-7-3-5-8(2)6-4-7;;;/h3*7-8H,3-6H2,1-2H3;1H4;1H2;1H. The molecule has 3 fully saturated rings. The topological polar surface area (TPSA) is 31.5 Å². The predicted octanol–water partition coefficient (Wildman–Crippen LogP) is 8.56. The fraction of sp³-hybridized carbons (Fsp3) is 1.00. The summed E-state index contributed by atoms with van der Waals surface area (Å²) in [6.07, 6.45) is 17.7. The molecule has 3 aliphatic rings.